The molecule has 0 bridgehead atoms. The number of hydrogen-bond acceptors (Lipinski definition) is 3. The highest BCUT2D eigenvalue weighted by atomic mass is 16.3. The first-order valence-corrected chi connectivity index (χ1v) is 8.26. The average Bonchev–Trinajstić information content (AvgIpc) is 3.13. The van der Waals surface area contributed by atoms with Crippen molar-refractivity contribution in [1.82, 2.24) is 10.2 Å². The second kappa shape index (κ2) is 5.34. The molecule has 3 aliphatic rings. The first kappa shape index (κ1) is 13.8. The summed E-state index contributed by atoms with van der Waals surface area (Å²) in [5.74, 6) is 0.844. The van der Waals surface area contributed by atoms with Gasteiger partial charge < -0.3 is 10.4 Å². The van der Waals surface area contributed by atoms with Gasteiger partial charge in [0.1, 0.15) is 0 Å². The summed E-state index contributed by atoms with van der Waals surface area (Å²) in [7, 11) is 0. The molecule has 2 saturated carbocycles. The summed E-state index contributed by atoms with van der Waals surface area (Å²) in [6.45, 7) is 6.34. The van der Waals surface area contributed by atoms with Gasteiger partial charge in [0.15, 0.2) is 0 Å². The summed E-state index contributed by atoms with van der Waals surface area (Å²) >= 11 is 0. The monoisotopic (exact) mass is 266 g/mol. The third-order valence-corrected chi connectivity index (χ3v) is 5.51. The SMILES string of the molecule is CC1CC(C)N(C2CCCC(CO)(NC3CC3)C2)C1. The highest BCUT2D eigenvalue weighted by Gasteiger charge is 2.43. The van der Waals surface area contributed by atoms with Gasteiger partial charge in [-0.25, -0.2) is 0 Å². The van der Waals surface area contributed by atoms with Crippen molar-refractivity contribution in [3.63, 3.8) is 0 Å². The van der Waals surface area contributed by atoms with Crippen molar-refractivity contribution in [2.24, 2.45) is 5.92 Å². The van der Waals surface area contributed by atoms with Crippen molar-refractivity contribution < 1.29 is 5.11 Å². The molecular weight excluding hydrogens is 236 g/mol. The molecule has 3 nitrogen and oxygen atoms in total. The van der Waals surface area contributed by atoms with Crippen LogP contribution in [0.2, 0.25) is 0 Å². The number of nitrogens with one attached hydrogen (secondary N) is 1. The zero-order chi connectivity index (χ0) is 13.5. The van der Waals surface area contributed by atoms with E-state index in [1.807, 2.05) is 0 Å². The van der Waals surface area contributed by atoms with E-state index < -0.39 is 0 Å². The van der Waals surface area contributed by atoms with Gasteiger partial charge in [0.05, 0.1) is 6.61 Å². The summed E-state index contributed by atoms with van der Waals surface area (Å²) in [5.41, 5.74) is 0.0234. The van der Waals surface area contributed by atoms with E-state index in [0.717, 1.165) is 24.8 Å². The van der Waals surface area contributed by atoms with Crippen molar-refractivity contribution >= 4 is 0 Å². The van der Waals surface area contributed by atoms with Crippen molar-refractivity contribution in [2.45, 2.75) is 82.5 Å². The van der Waals surface area contributed by atoms with Crippen molar-refractivity contribution in [2.75, 3.05) is 13.2 Å². The Bertz CT molecular complexity index is 318. The summed E-state index contributed by atoms with van der Waals surface area (Å²) < 4.78 is 0. The maximum atomic E-state index is 9.92. The molecule has 0 radical (unpaired) electrons. The van der Waals surface area contributed by atoms with Crippen LogP contribution in [0.4, 0.5) is 0 Å². The second-order valence-corrected chi connectivity index (χ2v) is 7.49. The van der Waals surface area contributed by atoms with E-state index in [9.17, 15) is 5.11 Å². The molecule has 1 heterocycles. The summed E-state index contributed by atoms with van der Waals surface area (Å²) in [4.78, 5) is 2.73. The Balaban J connectivity index is 1.66. The Kier molecular flexibility index (Phi) is 3.89. The van der Waals surface area contributed by atoms with Gasteiger partial charge in [0.25, 0.3) is 0 Å². The quantitative estimate of drug-likeness (QED) is 0.818. The number of aliphatic hydroxyl groups excluding tert-OH is 1. The first-order chi connectivity index (χ1) is 9.12. The third-order valence-electron chi connectivity index (χ3n) is 5.51. The van der Waals surface area contributed by atoms with Gasteiger partial charge in [-0.3, -0.25) is 4.90 Å². The molecule has 110 valence electrons. The van der Waals surface area contributed by atoms with Gasteiger partial charge >= 0.3 is 0 Å². The van der Waals surface area contributed by atoms with Gasteiger partial charge in [-0.15, -0.1) is 0 Å². The van der Waals surface area contributed by atoms with Crippen molar-refractivity contribution in [3.8, 4) is 0 Å². The first-order valence-electron chi connectivity index (χ1n) is 8.26. The van der Waals surface area contributed by atoms with Crippen LogP contribution in [-0.4, -0.2) is 46.8 Å². The lowest BCUT2D eigenvalue weighted by Gasteiger charge is -2.45. The number of hydrogen-bond donors (Lipinski definition) is 2. The van der Waals surface area contributed by atoms with Crippen LogP contribution in [0.25, 0.3) is 0 Å². The third kappa shape index (κ3) is 2.98. The number of rotatable bonds is 4. The molecule has 4 atom stereocenters. The van der Waals surface area contributed by atoms with Crippen LogP contribution in [0.5, 0.6) is 0 Å². The van der Waals surface area contributed by atoms with Gasteiger partial charge in [0.2, 0.25) is 0 Å². The predicted octanol–water partition coefficient (Wildman–Crippen LogP) is 2.14. The fraction of sp³-hybridized carbons (Fsp3) is 1.00. The molecule has 0 aromatic heterocycles. The summed E-state index contributed by atoms with van der Waals surface area (Å²) in [6.07, 6.45) is 8.87. The molecular formula is C16H30N2O. The molecule has 19 heavy (non-hydrogen) atoms. The molecule has 0 aromatic rings. The largest absolute Gasteiger partial charge is 0.394 e. The van der Waals surface area contributed by atoms with Crippen LogP contribution in [0, 0.1) is 5.92 Å². The zero-order valence-electron chi connectivity index (χ0n) is 12.6. The zero-order valence-corrected chi connectivity index (χ0v) is 12.6. The highest BCUT2D eigenvalue weighted by Crippen LogP contribution is 2.37. The molecule has 4 unspecified atom stereocenters. The summed E-state index contributed by atoms with van der Waals surface area (Å²) in [6, 6.07) is 2.11. The Labute approximate surface area is 117 Å². The molecule has 2 aliphatic carbocycles. The van der Waals surface area contributed by atoms with Gasteiger partial charge in [0, 0.05) is 30.2 Å². The molecule has 0 amide bonds. The Morgan fingerprint density at radius 2 is 2.05 bits per heavy atom. The second-order valence-electron chi connectivity index (χ2n) is 7.49. The predicted molar refractivity (Wildman–Crippen MR) is 78.2 cm³/mol. The van der Waals surface area contributed by atoms with E-state index in [2.05, 4.69) is 24.1 Å². The number of nitrogens with zero attached hydrogens (tertiary/aromatic N) is 1. The van der Waals surface area contributed by atoms with E-state index in [0.29, 0.717) is 18.7 Å². The standard InChI is InChI=1S/C16H30N2O/c1-12-8-13(2)18(10-12)15-4-3-7-16(9-15,11-19)17-14-5-6-14/h12-15,17,19H,3-11H2,1-2H3. The number of likely N-dealkylation sites (tertiary alicyclic amines) is 1. The smallest absolute Gasteiger partial charge is 0.0613 e. The van der Waals surface area contributed by atoms with E-state index in [4.69, 9.17) is 0 Å². The van der Waals surface area contributed by atoms with Gasteiger partial charge in [-0.1, -0.05) is 6.92 Å². The topological polar surface area (TPSA) is 35.5 Å². The summed E-state index contributed by atoms with van der Waals surface area (Å²) in [5, 5.41) is 13.7. The minimum atomic E-state index is 0.0234. The highest BCUT2D eigenvalue weighted by molar-refractivity contribution is 5.02. The molecule has 3 heteroatoms. The molecule has 1 saturated heterocycles. The fourth-order valence-corrected chi connectivity index (χ4v) is 4.44. The molecule has 3 fully saturated rings. The molecule has 3 rings (SSSR count). The fourth-order valence-electron chi connectivity index (χ4n) is 4.44. The normalized spacial score (nSPS) is 44.7. The van der Waals surface area contributed by atoms with Crippen LogP contribution in [0.15, 0.2) is 0 Å². The van der Waals surface area contributed by atoms with Crippen LogP contribution in [-0.2, 0) is 0 Å². The Morgan fingerprint density at radius 3 is 2.63 bits per heavy atom. The Hall–Kier alpha value is -0.120. The van der Waals surface area contributed by atoms with E-state index in [1.54, 1.807) is 0 Å². The molecule has 2 N–H and O–H groups in total. The van der Waals surface area contributed by atoms with Crippen molar-refractivity contribution in [1.29, 1.82) is 0 Å². The maximum absolute atomic E-state index is 9.92. The van der Waals surface area contributed by atoms with Gasteiger partial charge in [-0.2, -0.15) is 0 Å². The van der Waals surface area contributed by atoms with E-state index in [-0.39, 0.29) is 5.54 Å². The van der Waals surface area contributed by atoms with Crippen LogP contribution in [0.1, 0.15) is 58.8 Å². The molecule has 0 spiro atoms. The molecule has 1 aliphatic heterocycles. The van der Waals surface area contributed by atoms with Crippen LogP contribution < -0.4 is 5.32 Å². The lowest BCUT2D eigenvalue weighted by molar-refractivity contribution is 0.0542. The minimum absolute atomic E-state index is 0.0234. The van der Waals surface area contributed by atoms with E-state index in [1.165, 1.54) is 38.6 Å². The lowest BCUT2D eigenvalue weighted by Crippen LogP contribution is -2.57. The maximum Gasteiger partial charge on any atom is 0.0613 e. The molecule has 0 aromatic carbocycles. The van der Waals surface area contributed by atoms with Crippen LogP contribution >= 0.6 is 0 Å². The number of aliphatic hydroxyl groups is 1. The van der Waals surface area contributed by atoms with E-state index >= 15 is 0 Å². The Morgan fingerprint density at radius 1 is 1.26 bits per heavy atom. The van der Waals surface area contributed by atoms with Gasteiger partial charge in [-0.05, 0) is 57.8 Å². The van der Waals surface area contributed by atoms with Crippen LogP contribution in [0.3, 0.4) is 0 Å². The van der Waals surface area contributed by atoms with Crippen molar-refractivity contribution in [3.05, 3.63) is 0 Å². The minimum Gasteiger partial charge on any atom is -0.394 e. The lowest BCUT2D eigenvalue weighted by atomic mass is 9.78. The average molecular weight is 266 g/mol.